The third kappa shape index (κ3) is 1.41. The van der Waals surface area contributed by atoms with Crippen LogP contribution < -0.4 is 5.32 Å². The molecule has 0 radical (unpaired) electrons. The summed E-state index contributed by atoms with van der Waals surface area (Å²) in [4.78, 5) is 13.9. The summed E-state index contributed by atoms with van der Waals surface area (Å²) in [6.07, 6.45) is 0. The Labute approximate surface area is 98.5 Å². The van der Waals surface area contributed by atoms with E-state index in [9.17, 15) is 9.82 Å². The summed E-state index contributed by atoms with van der Waals surface area (Å²) >= 11 is 0. The normalized spacial score (nSPS) is 31.7. The largest absolute Gasteiger partial charge is 0.437 e. The number of nitrogens with one attached hydrogen (secondary N) is 1. The molecule has 1 rings (SSSR count). The van der Waals surface area contributed by atoms with Crippen LogP contribution in [0.2, 0.25) is 6.82 Å². The number of hydrogen-bond acceptors (Lipinski definition) is 3. The van der Waals surface area contributed by atoms with Gasteiger partial charge in [0, 0.05) is 11.0 Å². The summed E-state index contributed by atoms with van der Waals surface area (Å²) in [7, 11) is 1.14. The summed E-state index contributed by atoms with van der Waals surface area (Å²) in [5, 5.41) is 12.7. The molecule has 0 aromatic carbocycles. The van der Waals surface area contributed by atoms with Crippen LogP contribution in [0.4, 0.5) is 0 Å². The van der Waals surface area contributed by atoms with Crippen LogP contribution in [0, 0.1) is 5.41 Å². The summed E-state index contributed by atoms with van der Waals surface area (Å²) in [5.74, 6) is -0.0223. The Balaban J connectivity index is 3.27. The average Bonchev–Trinajstić information content (AvgIpc) is 2.23. The molecule has 0 aromatic rings. The van der Waals surface area contributed by atoms with Gasteiger partial charge in [0.1, 0.15) is 0 Å². The van der Waals surface area contributed by atoms with Gasteiger partial charge in [-0.3, -0.25) is 4.79 Å². The predicted molar refractivity (Wildman–Crippen MR) is 66.0 cm³/mol. The second kappa shape index (κ2) is 3.47. The smallest absolute Gasteiger partial charge is 0.377 e. The predicted octanol–water partition coefficient (Wildman–Crippen LogP) is 0.722. The Morgan fingerprint density at radius 1 is 1.25 bits per heavy atom. The highest BCUT2D eigenvalue weighted by Gasteiger charge is 2.64. The maximum absolute atomic E-state index is 12.2. The minimum atomic E-state index is -0.704. The molecule has 0 aliphatic carbocycles. The van der Waals surface area contributed by atoms with Gasteiger partial charge in [-0.05, 0) is 34.6 Å². The topological polar surface area (TPSA) is 52.6 Å². The van der Waals surface area contributed by atoms with Gasteiger partial charge in [-0.2, -0.15) is 0 Å². The molecule has 5 heteroatoms. The first-order chi connectivity index (χ1) is 6.98. The van der Waals surface area contributed by atoms with Crippen LogP contribution in [0.3, 0.4) is 0 Å². The Hall–Kier alpha value is -0.545. The molecule has 1 saturated heterocycles. The second-order valence-corrected chi connectivity index (χ2v) is 6.02. The van der Waals surface area contributed by atoms with Gasteiger partial charge in [0.15, 0.2) is 0 Å². The summed E-state index contributed by atoms with van der Waals surface area (Å²) in [6, 6.07) is 0. The lowest BCUT2D eigenvalue weighted by Gasteiger charge is -2.47. The SMILES string of the molecule is CB(O)N(C)C1(C)C(=O)NC(C)(C)C1(C)C. The molecular weight excluding hydrogens is 203 g/mol. The Bertz CT molecular complexity index is 315. The van der Waals surface area contributed by atoms with Crippen LogP contribution in [-0.2, 0) is 4.79 Å². The molecule has 0 bridgehead atoms. The fourth-order valence-corrected chi connectivity index (χ4v) is 2.43. The molecule has 0 aromatic heterocycles. The van der Waals surface area contributed by atoms with Gasteiger partial charge < -0.3 is 15.2 Å². The number of carbonyl (C=O) groups excluding carboxylic acids is 1. The van der Waals surface area contributed by atoms with Gasteiger partial charge in [0.05, 0.1) is 5.54 Å². The van der Waals surface area contributed by atoms with E-state index in [-0.39, 0.29) is 16.9 Å². The fraction of sp³-hybridized carbons (Fsp3) is 0.909. The van der Waals surface area contributed by atoms with Gasteiger partial charge in [0.25, 0.3) is 0 Å². The van der Waals surface area contributed by atoms with E-state index in [1.165, 1.54) is 0 Å². The summed E-state index contributed by atoms with van der Waals surface area (Å²) in [6.45, 7) is 11.7. The minimum absolute atomic E-state index is 0.0223. The van der Waals surface area contributed by atoms with Crippen molar-refractivity contribution in [1.82, 2.24) is 10.1 Å². The van der Waals surface area contributed by atoms with Crippen molar-refractivity contribution in [3.05, 3.63) is 0 Å². The van der Waals surface area contributed by atoms with E-state index in [4.69, 9.17) is 0 Å². The molecule has 1 aliphatic rings. The van der Waals surface area contributed by atoms with E-state index >= 15 is 0 Å². The Morgan fingerprint density at radius 3 is 1.94 bits per heavy atom. The van der Waals surface area contributed by atoms with Crippen molar-refractivity contribution in [2.45, 2.75) is 52.5 Å². The molecule has 1 heterocycles. The van der Waals surface area contributed by atoms with E-state index in [1.807, 2.05) is 20.8 Å². The lowest BCUT2D eigenvalue weighted by Crippen LogP contribution is -2.62. The first-order valence-corrected chi connectivity index (χ1v) is 5.72. The van der Waals surface area contributed by atoms with Gasteiger partial charge >= 0.3 is 7.05 Å². The number of hydrogen-bond donors (Lipinski definition) is 2. The van der Waals surface area contributed by atoms with Crippen molar-refractivity contribution in [2.24, 2.45) is 5.41 Å². The Kier molecular flexibility index (Phi) is 2.93. The molecule has 1 unspecified atom stereocenters. The highest BCUT2D eigenvalue weighted by atomic mass is 16.2. The molecule has 16 heavy (non-hydrogen) atoms. The number of amides is 1. The number of rotatable bonds is 2. The molecule has 4 nitrogen and oxygen atoms in total. The van der Waals surface area contributed by atoms with Crippen molar-refractivity contribution in [2.75, 3.05) is 7.05 Å². The third-order valence-electron chi connectivity index (χ3n) is 4.91. The van der Waals surface area contributed by atoms with Crippen LogP contribution in [0.25, 0.3) is 0 Å². The zero-order valence-corrected chi connectivity index (χ0v) is 11.4. The number of nitrogens with zero attached hydrogens (tertiary/aromatic N) is 1. The zero-order valence-electron chi connectivity index (χ0n) is 11.4. The molecule has 92 valence electrons. The van der Waals surface area contributed by atoms with Crippen LogP contribution in [-0.4, -0.2) is 40.9 Å². The van der Waals surface area contributed by atoms with Crippen molar-refractivity contribution >= 4 is 13.0 Å². The molecule has 1 atom stereocenters. The van der Waals surface area contributed by atoms with Crippen LogP contribution in [0.1, 0.15) is 34.6 Å². The van der Waals surface area contributed by atoms with Gasteiger partial charge in [-0.15, -0.1) is 0 Å². The highest BCUT2D eigenvalue weighted by molar-refractivity contribution is 6.46. The van der Waals surface area contributed by atoms with Gasteiger partial charge in [-0.1, -0.05) is 13.8 Å². The molecule has 0 spiro atoms. The molecule has 1 amide bonds. The molecule has 1 fully saturated rings. The van der Waals surface area contributed by atoms with Crippen LogP contribution in [0.5, 0.6) is 0 Å². The minimum Gasteiger partial charge on any atom is -0.437 e. The Morgan fingerprint density at radius 2 is 1.69 bits per heavy atom. The summed E-state index contributed by atoms with van der Waals surface area (Å²) < 4.78 is 0. The van der Waals surface area contributed by atoms with E-state index in [1.54, 1.807) is 18.7 Å². The van der Waals surface area contributed by atoms with Crippen molar-refractivity contribution in [3.8, 4) is 0 Å². The maximum atomic E-state index is 12.2. The highest BCUT2D eigenvalue weighted by Crippen LogP contribution is 2.48. The quantitative estimate of drug-likeness (QED) is 0.682. The number of likely N-dealkylation sites (N-methyl/N-ethyl adjacent to an activating group) is 1. The maximum Gasteiger partial charge on any atom is 0.377 e. The summed E-state index contributed by atoms with van der Waals surface area (Å²) in [5.41, 5.74) is -1.27. The van der Waals surface area contributed by atoms with Gasteiger partial charge in [0.2, 0.25) is 5.91 Å². The molecular formula is C11H23BN2O2. The number of carbonyl (C=O) groups is 1. The first-order valence-electron chi connectivity index (χ1n) is 5.72. The van der Waals surface area contributed by atoms with Crippen molar-refractivity contribution in [3.63, 3.8) is 0 Å². The third-order valence-corrected chi connectivity index (χ3v) is 4.91. The lowest BCUT2D eigenvalue weighted by molar-refractivity contribution is -0.129. The van der Waals surface area contributed by atoms with E-state index in [2.05, 4.69) is 19.2 Å². The van der Waals surface area contributed by atoms with Crippen LogP contribution in [0.15, 0.2) is 0 Å². The monoisotopic (exact) mass is 226 g/mol. The molecule has 1 aliphatic heterocycles. The molecule has 2 N–H and O–H groups in total. The van der Waals surface area contributed by atoms with Crippen molar-refractivity contribution in [1.29, 1.82) is 0 Å². The standard InChI is InChI=1S/C11H23BN2O2/c1-9(2)10(3,4)13-8(15)11(9,5)14(7)12(6)16/h16H,1-7H3,(H,13,15). The van der Waals surface area contributed by atoms with Gasteiger partial charge in [-0.25, -0.2) is 0 Å². The van der Waals surface area contributed by atoms with E-state index < -0.39 is 12.6 Å². The van der Waals surface area contributed by atoms with E-state index in [0.29, 0.717) is 0 Å². The van der Waals surface area contributed by atoms with Crippen LogP contribution >= 0.6 is 0 Å². The molecule has 0 saturated carbocycles. The fourth-order valence-electron chi connectivity index (χ4n) is 2.43. The first kappa shape index (κ1) is 13.5. The lowest BCUT2D eigenvalue weighted by atomic mass is 9.62. The average molecular weight is 226 g/mol. The van der Waals surface area contributed by atoms with E-state index in [0.717, 1.165) is 0 Å². The zero-order chi connectivity index (χ0) is 12.9. The van der Waals surface area contributed by atoms with Crippen molar-refractivity contribution < 1.29 is 9.82 Å². The second-order valence-electron chi connectivity index (χ2n) is 6.02.